The van der Waals surface area contributed by atoms with Gasteiger partial charge in [0.2, 0.25) is 0 Å². The summed E-state index contributed by atoms with van der Waals surface area (Å²) in [6.07, 6.45) is 7.99. The van der Waals surface area contributed by atoms with Gasteiger partial charge in [-0.15, -0.1) is 0 Å². The van der Waals surface area contributed by atoms with Crippen LogP contribution < -0.4 is 16.0 Å². The molecular formula is C22H33ClN4. The first-order valence-electron chi connectivity index (χ1n) is 9.84. The van der Waals surface area contributed by atoms with Gasteiger partial charge < -0.3 is 16.0 Å². The number of aliphatic imine (C=N–C) groups is 1. The van der Waals surface area contributed by atoms with E-state index in [0.29, 0.717) is 5.82 Å². The first-order chi connectivity index (χ1) is 12.9. The molecule has 4 nitrogen and oxygen atoms in total. The van der Waals surface area contributed by atoms with E-state index in [9.17, 15) is 0 Å². The van der Waals surface area contributed by atoms with E-state index in [-0.39, 0.29) is 0 Å². The highest BCUT2D eigenvalue weighted by molar-refractivity contribution is 6.30. The maximum absolute atomic E-state index is 6.23. The van der Waals surface area contributed by atoms with Crippen LogP contribution in [0.15, 0.2) is 47.4 Å². The minimum Gasteiger partial charge on any atom is -0.342 e. The molecule has 27 heavy (non-hydrogen) atoms. The van der Waals surface area contributed by atoms with Gasteiger partial charge in [0, 0.05) is 16.9 Å². The lowest BCUT2D eigenvalue weighted by Crippen LogP contribution is -2.24. The molecule has 1 aromatic carbocycles. The first kappa shape index (κ1) is 21.5. The fraction of sp³-hybridized carbons (Fsp3) is 0.500. The zero-order valence-electron chi connectivity index (χ0n) is 16.9. The molecule has 5 heteroatoms. The van der Waals surface area contributed by atoms with Crippen LogP contribution in [0.25, 0.3) is 0 Å². The van der Waals surface area contributed by atoms with Crippen LogP contribution in [0.1, 0.15) is 52.0 Å². The Morgan fingerprint density at radius 2 is 2.15 bits per heavy atom. The van der Waals surface area contributed by atoms with E-state index in [0.717, 1.165) is 47.5 Å². The molecule has 0 bridgehead atoms. The van der Waals surface area contributed by atoms with Crippen LogP contribution >= 0.6 is 11.6 Å². The normalized spacial score (nSPS) is 17.8. The number of nitrogens with one attached hydrogen (secondary N) is 3. The number of hydrogen-bond donors (Lipinski definition) is 3. The van der Waals surface area contributed by atoms with E-state index in [1.807, 2.05) is 39.1 Å². The topological polar surface area (TPSA) is 48.5 Å². The number of allylic oxidation sites excluding steroid dienone is 1. The Balaban J connectivity index is 1.98. The average molecular weight is 389 g/mol. The second kappa shape index (κ2) is 11.2. The van der Waals surface area contributed by atoms with Crippen LogP contribution in [-0.4, -0.2) is 18.9 Å². The van der Waals surface area contributed by atoms with Crippen LogP contribution in [0.3, 0.4) is 0 Å². The Hall–Kier alpha value is -1.78. The van der Waals surface area contributed by atoms with Gasteiger partial charge in [0.05, 0.1) is 0 Å². The van der Waals surface area contributed by atoms with E-state index >= 15 is 0 Å². The lowest BCUT2D eigenvalue weighted by atomic mass is 9.94. The summed E-state index contributed by atoms with van der Waals surface area (Å²) in [6.45, 7) is 12.3. The average Bonchev–Trinajstić information content (AvgIpc) is 2.88. The SMILES string of the molecule is C=C(NC(C)=NC=C(C)C)Nc1cc(Cl)ccc1CCC1CCCCNC1. The lowest BCUT2D eigenvalue weighted by molar-refractivity contribution is 0.447. The maximum Gasteiger partial charge on any atom is 0.104 e. The summed E-state index contributed by atoms with van der Waals surface area (Å²) in [5.41, 5.74) is 3.43. The van der Waals surface area contributed by atoms with Crippen LogP contribution in [0, 0.1) is 5.92 Å². The number of hydrogen-bond acceptors (Lipinski definition) is 3. The number of benzene rings is 1. The first-order valence-corrected chi connectivity index (χ1v) is 10.2. The zero-order valence-corrected chi connectivity index (χ0v) is 17.6. The summed E-state index contributed by atoms with van der Waals surface area (Å²) < 4.78 is 0. The van der Waals surface area contributed by atoms with Crippen molar-refractivity contribution in [3.05, 3.63) is 53.0 Å². The lowest BCUT2D eigenvalue weighted by Gasteiger charge is -2.18. The van der Waals surface area contributed by atoms with Crippen molar-refractivity contribution >= 4 is 23.1 Å². The zero-order chi connectivity index (χ0) is 19.6. The third-order valence-electron chi connectivity index (χ3n) is 4.68. The Kier molecular flexibility index (Phi) is 8.89. The summed E-state index contributed by atoms with van der Waals surface area (Å²) in [7, 11) is 0. The molecule has 148 valence electrons. The van der Waals surface area contributed by atoms with Crippen molar-refractivity contribution in [1.29, 1.82) is 0 Å². The fourth-order valence-corrected chi connectivity index (χ4v) is 3.42. The molecule has 3 N–H and O–H groups in total. The molecule has 0 aromatic heterocycles. The van der Waals surface area contributed by atoms with Crippen molar-refractivity contribution in [2.24, 2.45) is 10.9 Å². The second-order valence-corrected chi connectivity index (χ2v) is 7.99. The van der Waals surface area contributed by atoms with Crippen molar-refractivity contribution in [1.82, 2.24) is 10.6 Å². The quantitative estimate of drug-likeness (QED) is 0.428. The Bertz CT molecular complexity index is 682. The van der Waals surface area contributed by atoms with Gasteiger partial charge in [0.1, 0.15) is 11.7 Å². The second-order valence-electron chi connectivity index (χ2n) is 7.56. The minimum absolute atomic E-state index is 0.693. The molecule has 1 aromatic rings. The van der Waals surface area contributed by atoms with Crippen molar-refractivity contribution in [3.8, 4) is 0 Å². The molecule has 0 saturated carbocycles. The molecule has 0 aliphatic carbocycles. The summed E-state index contributed by atoms with van der Waals surface area (Å²) in [5, 5.41) is 10.8. The molecular weight excluding hydrogens is 356 g/mol. The molecule has 1 atom stereocenters. The molecule has 0 radical (unpaired) electrons. The van der Waals surface area contributed by atoms with E-state index in [2.05, 4.69) is 33.6 Å². The summed E-state index contributed by atoms with van der Waals surface area (Å²) in [6, 6.07) is 6.05. The third kappa shape index (κ3) is 8.19. The van der Waals surface area contributed by atoms with Crippen LogP contribution in [0.4, 0.5) is 5.69 Å². The maximum atomic E-state index is 6.23. The van der Waals surface area contributed by atoms with E-state index < -0.39 is 0 Å². The Labute approximate surface area is 169 Å². The molecule has 1 aliphatic heterocycles. The van der Waals surface area contributed by atoms with Gasteiger partial charge in [-0.1, -0.05) is 36.2 Å². The van der Waals surface area contributed by atoms with Crippen molar-refractivity contribution in [2.45, 2.75) is 52.9 Å². The number of anilines is 1. The highest BCUT2D eigenvalue weighted by Gasteiger charge is 2.13. The molecule has 0 spiro atoms. The van der Waals surface area contributed by atoms with Gasteiger partial charge in [-0.2, -0.15) is 0 Å². The Morgan fingerprint density at radius 1 is 1.33 bits per heavy atom. The van der Waals surface area contributed by atoms with Gasteiger partial charge >= 0.3 is 0 Å². The molecule has 2 rings (SSSR count). The molecule has 1 heterocycles. The van der Waals surface area contributed by atoms with Crippen molar-refractivity contribution in [2.75, 3.05) is 18.4 Å². The number of rotatable bonds is 7. The molecule has 1 saturated heterocycles. The third-order valence-corrected chi connectivity index (χ3v) is 4.91. The van der Waals surface area contributed by atoms with Gasteiger partial charge in [0.25, 0.3) is 0 Å². The highest BCUT2D eigenvalue weighted by atomic mass is 35.5. The van der Waals surface area contributed by atoms with Gasteiger partial charge in [-0.05, 0) is 83.2 Å². The highest BCUT2D eigenvalue weighted by Crippen LogP contribution is 2.25. The number of nitrogens with zero attached hydrogens (tertiary/aromatic N) is 1. The standard InChI is InChI=1S/C22H33ClN4/c1-16(2)14-25-17(3)26-18(4)27-22-13-21(23)11-10-20(22)9-8-19-7-5-6-12-24-15-19/h10-11,13-14,19,24,27H,4-9,12,15H2,1-3H3,(H,25,26). The summed E-state index contributed by atoms with van der Waals surface area (Å²) >= 11 is 6.23. The van der Waals surface area contributed by atoms with E-state index in [1.54, 1.807) is 0 Å². The monoisotopic (exact) mass is 388 g/mol. The van der Waals surface area contributed by atoms with E-state index in [4.69, 9.17) is 11.6 Å². The van der Waals surface area contributed by atoms with Crippen LogP contribution in [0.2, 0.25) is 5.02 Å². The number of halogens is 1. The smallest absolute Gasteiger partial charge is 0.104 e. The van der Waals surface area contributed by atoms with Crippen molar-refractivity contribution in [3.63, 3.8) is 0 Å². The summed E-state index contributed by atoms with van der Waals surface area (Å²) in [4.78, 5) is 4.36. The predicted molar refractivity (Wildman–Crippen MR) is 118 cm³/mol. The van der Waals surface area contributed by atoms with Gasteiger partial charge in [-0.25, -0.2) is 4.99 Å². The van der Waals surface area contributed by atoms with Crippen molar-refractivity contribution < 1.29 is 0 Å². The predicted octanol–water partition coefficient (Wildman–Crippen LogP) is 5.48. The number of aryl methyl sites for hydroxylation is 1. The Morgan fingerprint density at radius 3 is 2.93 bits per heavy atom. The summed E-state index contributed by atoms with van der Waals surface area (Å²) in [5.74, 6) is 2.23. The minimum atomic E-state index is 0.693. The fourth-order valence-electron chi connectivity index (χ4n) is 3.25. The molecule has 0 amide bonds. The molecule has 1 aliphatic rings. The molecule has 1 fully saturated rings. The number of amidine groups is 1. The van der Waals surface area contributed by atoms with Crippen LogP contribution in [-0.2, 0) is 6.42 Å². The van der Waals surface area contributed by atoms with Gasteiger partial charge in [-0.3, -0.25) is 0 Å². The van der Waals surface area contributed by atoms with E-state index in [1.165, 1.54) is 31.2 Å². The van der Waals surface area contributed by atoms with Gasteiger partial charge in [0.15, 0.2) is 0 Å². The molecule has 1 unspecified atom stereocenters. The largest absolute Gasteiger partial charge is 0.342 e. The van der Waals surface area contributed by atoms with Crippen LogP contribution in [0.5, 0.6) is 0 Å².